The first kappa shape index (κ1) is 36.4. The number of rotatable bonds is 9. The summed E-state index contributed by atoms with van der Waals surface area (Å²) in [6, 6.07) is 15.1. The number of ether oxygens (including phenoxy) is 1. The van der Waals surface area contributed by atoms with Crippen molar-refractivity contribution in [2.45, 2.75) is 78.4 Å². The van der Waals surface area contributed by atoms with E-state index in [-0.39, 0.29) is 35.7 Å². The van der Waals surface area contributed by atoms with Crippen LogP contribution in [0.2, 0.25) is 0 Å². The van der Waals surface area contributed by atoms with Gasteiger partial charge in [-0.3, -0.25) is 9.59 Å². The van der Waals surface area contributed by atoms with E-state index in [0.717, 1.165) is 77.5 Å². The number of hydrogen-bond donors (Lipinski definition) is 3. The Morgan fingerprint density at radius 2 is 1.19 bits per heavy atom. The highest BCUT2D eigenvalue weighted by atomic mass is 16.5. The zero-order valence-corrected chi connectivity index (χ0v) is 30.9. The normalized spacial score (nSPS) is 18.3. The number of nitrogens with zero attached hydrogens (tertiary/aromatic N) is 4. The van der Waals surface area contributed by atoms with Crippen molar-refractivity contribution in [2.75, 3.05) is 20.2 Å². The quantitative estimate of drug-likeness (QED) is 0.163. The van der Waals surface area contributed by atoms with E-state index in [1.165, 1.54) is 7.11 Å². The van der Waals surface area contributed by atoms with Crippen LogP contribution in [0, 0.1) is 29.6 Å². The monoisotopic (exact) mass is 703 g/mol. The molecule has 2 aromatic carbocycles. The molecule has 11 heteroatoms. The van der Waals surface area contributed by atoms with Crippen molar-refractivity contribution in [3.8, 4) is 34.4 Å². The zero-order valence-electron chi connectivity index (χ0n) is 30.9. The summed E-state index contributed by atoms with van der Waals surface area (Å²) in [4.78, 5) is 58.7. The maximum atomic E-state index is 13.5. The van der Waals surface area contributed by atoms with Crippen LogP contribution in [-0.2, 0) is 14.3 Å². The van der Waals surface area contributed by atoms with E-state index >= 15 is 0 Å². The lowest BCUT2D eigenvalue weighted by Gasteiger charge is -2.29. The molecule has 3 N–H and O–H groups in total. The fraction of sp³-hybridized carbons (Fsp3) is 0.439. The Hall–Kier alpha value is -5.37. The van der Waals surface area contributed by atoms with Crippen LogP contribution in [0.5, 0.6) is 0 Å². The summed E-state index contributed by atoms with van der Waals surface area (Å²) in [6.45, 7) is 11.4. The molecule has 4 aromatic rings. The molecule has 0 bridgehead atoms. The standard InChI is InChI=1S/C41H49N7O4/c1-25(2)27(5)39(49)47-21-7-9-34(47)37-42-23-32(44-37)30-17-13-28(14-18-30)11-12-29-15-19-31(20-16-29)33-24-43-38(45-33)35-10-8-22-48(35)40(50)36(26(3)4)46-41(51)52-6/h13-20,23-27,34-36H,7-10,21-22H2,1-6H3,(H,42,44)(H,43,45)(H,46,51)/t27-,34-,35-,36-/m0/s1. The molecule has 0 saturated carbocycles. The van der Waals surface area contributed by atoms with Crippen LogP contribution in [-0.4, -0.2) is 73.9 Å². The van der Waals surface area contributed by atoms with E-state index in [2.05, 4.69) is 41.0 Å². The van der Waals surface area contributed by atoms with Crippen molar-refractivity contribution in [1.82, 2.24) is 35.1 Å². The SMILES string of the molecule is COC(=O)N[C@H](C(=O)N1CCC[C@H]1c1nc(-c2ccc(C#Cc3ccc(-c4c[nH]c([C@@H]5CCCN5C(=O)[C@@H](C)C(C)C)n4)cc3)cc2)c[nH]1)C(C)C. The Morgan fingerprint density at radius 3 is 1.62 bits per heavy atom. The largest absolute Gasteiger partial charge is 0.453 e. The second-order valence-electron chi connectivity index (χ2n) is 14.5. The van der Waals surface area contributed by atoms with Gasteiger partial charge in [-0.1, -0.05) is 70.7 Å². The van der Waals surface area contributed by atoms with Crippen molar-refractivity contribution in [3.63, 3.8) is 0 Å². The minimum atomic E-state index is -0.677. The first-order valence-electron chi connectivity index (χ1n) is 18.3. The first-order chi connectivity index (χ1) is 25.0. The number of aromatic amines is 2. The number of carbonyl (C=O) groups excluding carboxylic acids is 3. The van der Waals surface area contributed by atoms with Crippen LogP contribution < -0.4 is 5.32 Å². The van der Waals surface area contributed by atoms with Gasteiger partial charge in [0.15, 0.2) is 0 Å². The number of methoxy groups -OCH3 is 1. The number of alkyl carbamates (subject to hydrolysis) is 1. The molecule has 272 valence electrons. The number of amides is 3. The Balaban J connectivity index is 1.08. The van der Waals surface area contributed by atoms with Gasteiger partial charge in [0, 0.05) is 53.7 Å². The predicted molar refractivity (Wildman–Crippen MR) is 200 cm³/mol. The van der Waals surface area contributed by atoms with Gasteiger partial charge in [0.05, 0.1) is 30.6 Å². The maximum Gasteiger partial charge on any atom is 0.407 e. The van der Waals surface area contributed by atoms with Gasteiger partial charge < -0.3 is 29.8 Å². The van der Waals surface area contributed by atoms with E-state index in [1.54, 1.807) is 0 Å². The van der Waals surface area contributed by atoms with Crippen LogP contribution >= 0.6 is 0 Å². The predicted octanol–water partition coefficient (Wildman–Crippen LogP) is 6.87. The smallest absolute Gasteiger partial charge is 0.407 e. The number of likely N-dealkylation sites (tertiary alicyclic amines) is 2. The molecule has 2 aliphatic rings. The average molecular weight is 704 g/mol. The molecule has 0 spiro atoms. The molecule has 3 amide bonds. The van der Waals surface area contributed by atoms with E-state index in [1.807, 2.05) is 91.5 Å². The minimum absolute atomic E-state index is 0.0109. The molecule has 4 atom stereocenters. The van der Waals surface area contributed by atoms with Crippen molar-refractivity contribution in [1.29, 1.82) is 0 Å². The molecular weight excluding hydrogens is 654 g/mol. The Labute approximate surface area is 306 Å². The number of hydrogen-bond acceptors (Lipinski definition) is 6. The van der Waals surface area contributed by atoms with Gasteiger partial charge in [0.2, 0.25) is 11.8 Å². The Bertz CT molecular complexity index is 1930. The lowest BCUT2D eigenvalue weighted by molar-refractivity contribution is -0.137. The highest BCUT2D eigenvalue weighted by molar-refractivity contribution is 5.86. The van der Waals surface area contributed by atoms with E-state index < -0.39 is 12.1 Å². The molecule has 0 unspecified atom stereocenters. The topological polar surface area (TPSA) is 136 Å². The molecule has 0 radical (unpaired) electrons. The average Bonchev–Trinajstić information content (AvgIpc) is 3.99. The lowest BCUT2D eigenvalue weighted by atomic mass is 9.96. The van der Waals surface area contributed by atoms with Crippen molar-refractivity contribution < 1.29 is 19.1 Å². The number of imidazole rings is 2. The summed E-state index contributed by atoms with van der Waals surface area (Å²) < 4.78 is 4.74. The van der Waals surface area contributed by atoms with Crippen LogP contribution in [0.3, 0.4) is 0 Å². The van der Waals surface area contributed by atoms with Gasteiger partial charge in [-0.15, -0.1) is 0 Å². The molecule has 2 aromatic heterocycles. The Morgan fingerprint density at radius 1 is 0.731 bits per heavy atom. The third-order valence-corrected chi connectivity index (χ3v) is 10.4. The summed E-state index contributed by atoms with van der Waals surface area (Å²) in [5.74, 6) is 8.36. The lowest BCUT2D eigenvalue weighted by Crippen LogP contribution is -2.51. The minimum Gasteiger partial charge on any atom is -0.453 e. The summed E-state index contributed by atoms with van der Waals surface area (Å²) >= 11 is 0. The van der Waals surface area contributed by atoms with Crippen molar-refractivity contribution in [2.24, 2.45) is 17.8 Å². The van der Waals surface area contributed by atoms with Crippen LogP contribution in [0.1, 0.15) is 95.2 Å². The van der Waals surface area contributed by atoms with Gasteiger partial charge in [-0.25, -0.2) is 14.8 Å². The number of H-pyrrole nitrogens is 2. The molecule has 6 rings (SSSR count). The van der Waals surface area contributed by atoms with Gasteiger partial charge >= 0.3 is 6.09 Å². The summed E-state index contributed by atoms with van der Waals surface area (Å²) in [5.41, 5.74) is 5.35. The number of aromatic nitrogens is 4. The fourth-order valence-corrected chi connectivity index (χ4v) is 6.96. The van der Waals surface area contributed by atoms with Gasteiger partial charge in [-0.2, -0.15) is 0 Å². The fourth-order valence-electron chi connectivity index (χ4n) is 6.96. The van der Waals surface area contributed by atoms with E-state index in [0.29, 0.717) is 12.5 Å². The second-order valence-corrected chi connectivity index (χ2v) is 14.5. The highest BCUT2D eigenvalue weighted by Crippen LogP contribution is 2.34. The van der Waals surface area contributed by atoms with Crippen molar-refractivity contribution >= 4 is 17.9 Å². The number of nitrogens with one attached hydrogen (secondary N) is 3. The summed E-state index contributed by atoms with van der Waals surface area (Å²) in [6.07, 6.45) is 6.72. The third kappa shape index (κ3) is 7.91. The highest BCUT2D eigenvalue weighted by Gasteiger charge is 2.38. The van der Waals surface area contributed by atoms with Crippen LogP contribution in [0.25, 0.3) is 22.5 Å². The van der Waals surface area contributed by atoms with E-state index in [4.69, 9.17) is 14.7 Å². The molecule has 0 aliphatic carbocycles. The molecule has 2 saturated heterocycles. The Kier molecular flexibility index (Phi) is 11.1. The molecule has 52 heavy (non-hydrogen) atoms. The number of benzene rings is 2. The molecule has 11 nitrogen and oxygen atoms in total. The van der Waals surface area contributed by atoms with Crippen LogP contribution in [0.4, 0.5) is 4.79 Å². The number of carbonyl (C=O) groups is 3. The maximum absolute atomic E-state index is 13.5. The van der Waals surface area contributed by atoms with E-state index in [9.17, 15) is 14.4 Å². The second kappa shape index (κ2) is 15.9. The zero-order chi connectivity index (χ0) is 36.9. The van der Waals surface area contributed by atoms with Gasteiger partial charge in [0.1, 0.15) is 17.7 Å². The molecule has 4 heterocycles. The van der Waals surface area contributed by atoms with Crippen molar-refractivity contribution in [3.05, 3.63) is 83.7 Å². The molecular formula is C41H49N7O4. The third-order valence-electron chi connectivity index (χ3n) is 10.4. The molecule has 2 aliphatic heterocycles. The van der Waals surface area contributed by atoms with Gasteiger partial charge in [0.25, 0.3) is 0 Å². The van der Waals surface area contributed by atoms with Crippen LogP contribution in [0.15, 0.2) is 60.9 Å². The summed E-state index contributed by atoms with van der Waals surface area (Å²) in [5, 5.41) is 2.69. The summed E-state index contributed by atoms with van der Waals surface area (Å²) in [7, 11) is 1.29. The van der Waals surface area contributed by atoms with Gasteiger partial charge in [-0.05, 0) is 61.8 Å². The molecule has 2 fully saturated rings. The first-order valence-corrected chi connectivity index (χ1v) is 18.3.